The van der Waals surface area contributed by atoms with Gasteiger partial charge in [-0.2, -0.15) is 0 Å². The van der Waals surface area contributed by atoms with Crippen LogP contribution in [0.1, 0.15) is 45.8 Å². The maximum atomic E-state index is 12.2. The van der Waals surface area contributed by atoms with Crippen LogP contribution in [0, 0.1) is 0 Å². The van der Waals surface area contributed by atoms with Crippen molar-refractivity contribution in [2.45, 2.75) is 64.1 Å². The molecule has 1 amide bonds. The summed E-state index contributed by atoms with van der Waals surface area (Å²) in [6, 6.07) is 0. The number of anilines is 1. The van der Waals surface area contributed by atoms with Gasteiger partial charge in [0.1, 0.15) is 18.5 Å². The summed E-state index contributed by atoms with van der Waals surface area (Å²) in [7, 11) is -4.55. The number of rotatable bonds is 7. The van der Waals surface area contributed by atoms with Crippen molar-refractivity contribution >= 4 is 66.2 Å². The molecule has 2 aromatic heterocycles. The van der Waals surface area contributed by atoms with E-state index in [-0.39, 0.29) is 54.3 Å². The molecule has 1 radical (unpaired) electrons. The van der Waals surface area contributed by atoms with E-state index in [0.29, 0.717) is 30.4 Å². The second kappa shape index (κ2) is 10.9. The number of aromatic nitrogens is 4. The number of hydrogen-bond acceptors (Lipinski definition) is 11. The Balaban J connectivity index is 0.00000306. The van der Waals surface area contributed by atoms with E-state index in [1.54, 1.807) is 0 Å². The van der Waals surface area contributed by atoms with Gasteiger partial charge in [0, 0.05) is 42.4 Å². The zero-order valence-electron chi connectivity index (χ0n) is 18.5. The molecule has 1 N–H and O–H groups in total. The van der Waals surface area contributed by atoms with Crippen LogP contribution in [0.3, 0.4) is 0 Å². The number of carbonyl (C=O) groups excluding carboxylic acids is 2. The Hall–Kier alpha value is -1.44. The van der Waals surface area contributed by atoms with Gasteiger partial charge in [-0.1, -0.05) is 13.8 Å². The number of esters is 1. The van der Waals surface area contributed by atoms with E-state index in [1.807, 2.05) is 13.8 Å². The molecule has 5 atom stereocenters. The third-order valence-electron chi connectivity index (χ3n) is 5.02. The Kier molecular flexibility index (Phi) is 8.62. The molecular formula is C18H23N5NaO8P-. The molecule has 2 aromatic rings. The van der Waals surface area contributed by atoms with Crippen molar-refractivity contribution in [2.24, 2.45) is 0 Å². The molecule has 0 bridgehead atoms. The van der Waals surface area contributed by atoms with Crippen molar-refractivity contribution in [1.29, 1.82) is 0 Å². The molecular weight excluding hydrogens is 468 g/mol. The number of ether oxygens (including phenoxy) is 2. The first kappa shape index (κ1) is 26.2. The van der Waals surface area contributed by atoms with E-state index in [1.165, 1.54) is 17.2 Å². The normalized spacial score (nSPS) is 28.7. The summed E-state index contributed by atoms with van der Waals surface area (Å²) >= 11 is 0. The van der Waals surface area contributed by atoms with Gasteiger partial charge in [-0.25, -0.2) is 15.0 Å². The predicted octanol–water partition coefficient (Wildman–Crippen LogP) is 0.677. The summed E-state index contributed by atoms with van der Waals surface area (Å²) in [6.07, 6.45) is 0.404. The molecule has 15 heteroatoms. The third kappa shape index (κ3) is 5.63. The fraction of sp³-hybridized carbons (Fsp3) is 0.611. The summed E-state index contributed by atoms with van der Waals surface area (Å²) in [5.74, 6) is -0.506. The summed E-state index contributed by atoms with van der Waals surface area (Å²) in [5.41, 5.74) is 0.610. The first-order valence-corrected chi connectivity index (χ1v) is 11.7. The number of nitrogens with zero attached hydrogens (tertiary/aromatic N) is 4. The Bertz CT molecular complexity index is 1070. The molecule has 4 rings (SSSR count). The minimum atomic E-state index is -4.55. The van der Waals surface area contributed by atoms with Crippen LogP contribution in [-0.2, 0) is 32.7 Å². The van der Waals surface area contributed by atoms with Crippen molar-refractivity contribution in [3.63, 3.8) is 0 Å². The Morgan fingerprint density at radius 3 is 2.76 bits per heavy atom. The van der Waals surface area contributed by atoms with E-state index >= 15 is 0 Å². The zero-order chi connectivity index (χ0) is 22.9. The maximum Gasteiger partial charge on any atom is 0.306 e. The summed E-state index contributed by atoms with van der Waals surface area (Å²) in [5, 5.41) is 2.70. The number of phosphoric acid groups is 1. The fourth-order valence-corrected chi connectivity index (χ4v) is 4.57. The molecule has 2 fully saturated rings. The van der Waals surface area contributed by atoms with Crippen LogP contribution in [0.4, 0.5) is 5.82 Å². The van der Waals surface area contributed by atoms with Crippen LogP contribution in [0.25, 0.3) is 11.2 Å². The van der Waals surface area contributed by atoms with Gasteiger partial charge in [0.05, 0.1) is 12.9 Å². The number of phosphoric ester groups is 1. The van der Waals surface area contributed by atoms with Gasteiger partial charge in [0.15, 0.2) is 29.3 Å². The zero-order valence-corrected chi connectivity index (χ0v) is 21.4. The standard InChI is InChI=1S/C18H24N5O8P.Na/c1-3-5-11(24)22-16-13-17(20-8-19-16)23(9-21-13)18-15(30-12(25)6-4-2)14-10(29-18)7-28-32(26,27)31-14;/h8-10,14-15,18H,3-7H2,1-2H3,(H,26,27)(H,19,20,22,24);/p-1/t10-,14-,15-,18-;/m1./s1. The number of imidazole rings is 1. The van der Waals surface area contributed by atoms with Crippen LogP contribution in [-0.4, -0.2) is 85.9 Å². The minimum Gasteiger partial charge on any atom is -0.756 e. The minimum absolute atomic E-state index is 0. The average Bonchev–Trinajstić information content (AvgIpc) is 3.30. The van der Waals surface area contributed by atoms with Gasteiger partial charge >= 0.3 is 5.97 Å². The van der Waals surface area contributed by atoms with Crippen LogP contribution in [0.15, 0.2) is 12.7 Å². The van der Waals surface area contributed by atoms with Crippen LogP contribution >= 0.6 is 7.82 Å². The molecule has 175 valence electrons. The smallest absolute Gasteiger partial charge is 0.306 e. The largest absolute Gasteiger partial charge is 0.756 e. The van der Waals surface area contributed by atoms with Crippen LogP contribution in [0.2, 0.25) is 0 Å². The Labute approximate surface area is 211 Å². The first-order chi connectivity index (χ1) is 15.3. The second-order valence-electron chi connectivity index (χ2n) is 7.43. The number of fused-ring (bicyclic) bond motifs is 2. The predicted molar refractivity (Wildman–Crippen MR) is 112 cm³/mol. The fourth-order valence-electron chi connectivity index (χ4n) is 3.63. The first-order valence-electron chi connectivity index (χ1n) is 10.3. The van der Waals surface area contributed by atoms with E-state index in [9.17, 15) is 19.0 Å². The van der Waals surface area contributed by atoms with E-state index < -0.39 is 38.3 Å². The SMILES string of the molecule is CCCC(=O)Nc1ncnc2c1ncn2[C@@H]1O[C@@H]2COP(=O)([O-])O[C@H]2[C@H]1OC(=O)CCC.[Na]. The molecule has 2 aliphatic heterocycles. The van der Waals surface area contributed by atoms with Crippen molar-refractivity contribution in [2.75, 3.05) is 11.9 Å². The number of amides is 1. The quantitative estimate of drug-likeness (QED) is 0.329. The Morgan fingerprint density at radius 1 is 1.27 bits per heavy atom. The summed E-state index contributed by atoms with van der Waals surface area (Å²) in [6.45, 7) is 3.43. The van der Waals surface area contributed by atoms with Gasteiger partial charge in [-0.3, -0.25) is 18.7 Å². The van der Waals surface area contributed by atoms with Crippen LogP contribution in [0.5, 0.6) is 0 Å². The van der Waals surface area contributed by atoms with Crippen molar-refractivity contribution in [3.8, 4) is 0 Å². The van der Waals surface area contributed by atoms with Crippen molar-refractivity contribution < 1.29 is 37.6 Å². The molecule has 2 aliphatic rings. The monoisotopic (exact) mass is 491 g/mol. The summed E-state index contributed by atoms with van der Waals surface area (Å²) < 4.78 is 34.7. The van der Waals surface area contributed by atoms with Gasteiger partial charge < -0.3 is 28.7 Å². The van der Waals surface area contributed by atoms with Crippen LogP contribution < -0.4 is 10.2 Å². The molecule has 0 spiro atoms. The molecule has 1 unspecified atom stereocenters. The molecule has 4 heterocycles. The molecule has 0 aromatic carbocycles. The van der Waals surface area contributed by atoms with Gasteiger partial charge in [0.2, 0.25) is 5.91 Å². The molecule has 0 saturated carbocycles. The molecule has 0 aliphatic carbocycles. The second-order valence-corrected chi connectivity index (χ2v) is 8.79. The molecule has 13 nitrogen and oxygen atoms in total. The third-order valence-corrected chi connectivity index (χ3v) is 5.99. The number of carbonyl (C=O) groups is 2. The van der Waals surface area contributed by atoms with Crippen molar-refractivity contribution in [1.82, 2.24) is 19.5 Å². The maximum absolute atomic E-state index is 12.2. The van der Waals surface area contributed by atoms with Gasteiger partial charge in [0.25, 0.3) is 7.82 Å². The number of hydrogen-bond donors (Lipinski definition) is 1. The average molecular weight is 491 g/mol. The van der Waals surface area contributed by atoms with E-state index in [0.717, 1.165) is 0 Å². The van der Waals surface area contributed by atoms with Crippen molar-refractivity contribution in [3.05, 3.63) is 12.7 Å². The van der Waals surface area contributed by atoms with Gasteiger partial charge in [-0.15, -0.1) is 0 Å². The Morgan fingerprint density at radius 2 is 2.03 bits per heavy atom. The topological polar surface area (TPSA) is 167 Å². The molecule has 2 saturated heterocycles. The number of nitrogens with one attached hydrogen (secondary N) is 1. The molecule has 33 heavy (non-hydrogen) atoms. The van der Waals surface area contributed by atoms with E-state index in [4.69, 9.17) is 18.5 Å². The van der Waals surface area contributed by atoms with E-state index in [2.05, 4.69) is 20.3 Å². The summed E-state index contributed by atoms with van der Waals surface area (Å²) in [4.78, 5) is 48.7. The van der Waals surface area contributed by atoms with Gasteiger partial charge in [-0.05, 0) is 12.8 Å².